The lowest BCUT2D eigenvalue weighted by Gasteiger charge is -2.08. The molecule has 0 aromatic heterocycles. The second-order valence-electron chi connectivity index (χ2n) is 10.9. The van der Waals surface area contributed by atoms with Gasteiger partial charge in [0.25, 0.3) is 0 Å². The molecule has 0 amide bonds. The van der Waals surface area contributed by atoms with E-state index in [-0.39, 0.29) is 5.97 Å². The van der Waals surface area contributed by atoms with E-state index in [9.17, 15) is 4.79 Å². The summed E-state index contributed by atoms with van der Waals surface area (Å²) in [6.45, 7) is 11.4. The van der Waals surface area contributed by atoms with Crippen molar-refractivity contribution in [2.45, 2.75) is 129 Å². The van der Waals surface area contributed by atoms with E-state index in [0.717, 1.165) is 32.3 Å². The van der Waals surface area contributed by atoms with Gasteiger partial charge in [-0.3, -0.25) is 4.79 Å². The maximum Gasteiger partial charge on any atom is 0.305 e. The van der Waals surface area contributed by atoms with Crippen molar-refractivity contribution in [3.63, 3.8) is 0 Å². The third-order valence-corrected chi connectivity index (χ3v) is 6.98. The zero-order valence-electron chi connectivity index (χ0n) is 27.7. The van der Waals surface area contributed by atoms with Crippen molar-refractivity contribution in [3.05, 3.63) is 0 Å². The van der Waals surface area contributed by atoms with Gasteiger partial charge in [-0.05, 0) is 12.8 Å². The first kappa shape index (κ1) is 41.2. The smallest absolute Gasteiger partial charge is 0.305 e. The van der Waals surface area contributed by atoms with Crippen LogP contribution < -0.4 is 0 Å². The Hall–Kier alpha value is -0.770. The van der Waals surface area contributed by atoms with Crippen molar-refractivity contribution in [1.29, 1.82) is 0 Å². The number of esters is 1. The topological polar surface area (TPSA) is 81.7 Å². The van der Waals surface area contributed by atoms with Gasteiger partial charge in [0, 0.05) is 13.0 Å². The molecule has 0 fully saturated rings. The van der Waals surface area contributed by atoms with Gasteiger partial charge in [0.2, 0.25) is 0 Å². The highest BCUT2D eigenvalue weighted by atomic mass is 16.6. The molecule has 0 radical (unpaired) electrons. The standard InChI is InChI=1S/C34H68O8/c1-3-5-7-8-9-10-11-12-13-14-15-16-17-18-19-20-34(35)42-33-32-41-31-30-40-29-28-39-27-26-38-25-24-37-23-22-36-21-6-4-2/h3-33H2,1-2H3. The van der Waals surface area contributed by atoms with Crippen molar-refractivity contribution in [2.75, 3.05) is 85.9 Å². The van der Waals surface area contributed by atoms with Crippen LogP contribution in [0.4, 0.5) is 0 Å². The van der Waals surface area contributed by atoms with Gasteiger partial charge in [-0.1, -0.05) is 110 Å². The molecule has 0 heterocycles. The number of carbonyl (C=O) groups excluding carboxylic acids is 1. The summed E-state index contributed by atoms with van der Waals surface area (Å²) in [5.74, 6) is -0.120. The highest BCUT2D eigenvalue weighted by Crippen LogP contribution is 2.13. The number of rotatable bonds is 37. The van der Waals surface area contributed by atoms with Crippen LogP contribution >= 0.6 is 0 Å². The summed E-state index contributed by atoms with van der Waals surface area (Å²) in [5.41, 5.74) is 0. The van der Waals surface area contributed by atoms with Crippen LogP contribution in [0.25, 0.3) is 0 Å². The van der Waals surface area contributed by atoms with Crippen molar-refractivity contribution >= 4 is 5.97 Å². The largest absolute Gasteiger partial charge is 0.463 e. The SMILES string of the molecule is CCCCCCCCCCCCCCCCCC(=O)OCCOCCOCCOCCOCCOCCOCCCC. The van der Waals surface area contributed by atoms with E-state index in [0.29, 0.717) is 85.7 Å². The summed E-state index contributed by atoms with van der Waals surface area (Å²) < 4.78 is 38.0. The molecule has 0 saturated heterocycles. The molecule has 0 aromatic carbocycles. The van der Waals surface area contributed by atoms with E-state index in [1.807, 2.05) is 0 Å². The third-order valence-electron chi connectivity index (χ3n) is 6.98. The maximum absolute atomic E-state index is 11.8. The Morgan fingerprint density at radius 2 is 0.619 bits per heavy atom. The molecule has 0 saturated carbocycles. The predicted molar refractivity (Wildman–Crippen MR) is 170 cm³/mol. The van der Waals surface area contributed by atoms with Crippen LogP contribution in [-0.4, -0.2) is 91.9 Å². The summed E-state index contributed by atoms with van der Waals surface area (Å²) in [6.07, 6.45) is 22.6. The van der Waals surface area contributed by atoms with Crippen LogP contribution in [0.5, 0.6) is 0 Å². The van der Waals surface area contributed by atoms with Crippen LogP contribution in [0.15, 0.2) is 0 Å². The molecule has 0 aliphatic carbocycles. The van der Waals surface area contributed by atoms with Gasteiger partial charge in [-0.25, -0.2) is 0 Å². The molecule has 0 N–H and O–H groups in total. The summed E-state index contributed by atoms with van der Waals surface area (Å²) in [5, 5.41) is 0. The molecular weight excluding hydrogens is 536 g/mol. The molecule has 42 heavy (non-hydrogen) atoms. The zero-order chi connectivity index (χ0) is 30.4. The van der Waals surface area contributed by atoms with Gasteiger partial charge in [-0.2, -0.15) is 0 Å². The molecule has 0 unspecified atom stereocenters. The molecular formula is C34H68O8. The second-order valence-corrected chi connectivity index (χ2v) is 10.9. The monoisotopic (exact) mass is 604 g/mol. The maximum atomic E-state index is 11.8. The van der Waals surface area contributed by atoms with Crippen LogP contribution in [0, 0.1) is 0 Å². The first-order valence-corrected chi connectivity index (χ1v) is 17.4. The fourth-order valence-electron chi connectivity index (χ4n) is 4.38. The Morgan fingerprint density at radius 1 is 0.333 bits per heavy atom. The molecule has 8 heteroatoms. The molecule has 8 nitrogen and oxygen atoms in total. The van der Waals surface area contributed by atoms with Crippen molar-refractivity contribution in [2.24, 2.45) is 0 Å². The van der Waals surface area contributed by atoms with Gasteiger partial charge in [0.15, 0.2) is 0 Å². The molecule has 252 valence electrons. The lowest BCUT2D eigenvalue weighted by atomic mass is 10.0. The summed E-state index contributed by atoms with van der Waals surface area (Å²) >= 11 is 0. The summed E-state index contributed by atoms with van der Waals surface area (Å²) in [6, 6.07) is 0. The average Bonchev–Trinajstić information content (AvgIpc) is 3.00. The fraction of sp³-hybridized carbons (Fsp3) is 0.971. The number of carbonyl (C=O) groups is 1. The van der Waals surface area contributed by atoms with Crippen LogP contribution in [0.2, 0.25) is 0 Å². The van der Waals surface area contributed by atoms with Gasteiger partial charge < -0.3 is 33.2 Å². The number of ether oxygens (including phenoxy) is 7. The zero-order valence-corrected chi connectivity index (χ0v) is 27.7. The molecule has 0 rings (SSSR count). The van der Waals surface area contributed by atoms with E-state index < -0.39 is 0 Å². The molecule has 0 aliphatic heterocycles. The average molecular weight is 605 g/mol. The first-order chi connectivity index (χ1) is 20.8. The lowest BCUT2D eigenvalue weighted by Crippen LogP contribution is -2.15. The van der Waals surface area contributed by atoms with Crippen molar-refractivity contribution in [1.82, 2.24) is 0 Å². The van der Waals surface area contributed by atoms with Crippen LogP contribution in [-0.2, 0) is 38.0 Å². The summed E-state index contributed by atoms with van der Waals surface area (Å²) in [4.78, 5) is 11.8. The van der Waals surface area contributed by atoms with E-state index in [4.69, 9.17) is 33.2 Å². The first-order valence-electron chi connectivity index (χ1n) is 17.4. The van der Waals surface area contributed by atoms with E-state index in [1.165, 1.54) is 83.5 Å². The van der Waals surface area contributed by atoms with Crippen molar-refractivity contribution in [3.8, 4) is 0 Å². The van der Waals surface area contributed by atoms with E-state index in [2.05, 4.69) is 13.8 Å². The highest BCUT2D eigenvalue weighted by Gasteiger charge is 2.03. The Balaban J connectivity index is 3.13. The lowest BCUT2D eigenvalue weighted by molar-refractivity contribution is -0.145. The molecule has 0 bridgehead atoms. The molecule has 0 aliphatic rings. The highest BCUT2D eigenvalue weighted by molar-refractivity contribution is 5.69. The third kappa shape index (κ3) is 37.3. The van der Waals surface area contributed by atoms with Crippen LogP contribution in [0.3, 0.4) is 0 Å². The molecule has 0 spiro atoms. The minimum absolute atomic E-state index is 0.120. The van der Waals surface area contributed by atoms with Crippen molar-refractivity contribution < 1.29 is 38.0 Å². The van der Waals surface area contributed by atoms with Gasteiger partial charge in [-0.15, -0.1) is 0 Å². The Morgan fingerprint density at radius 3 is 0.976 bits per heavy atom. The Labute approximate surface area is 259 Å². The van der Waals surface area contributed by atoms with Crippen LogP contribution in [0.1, 0.15) is 129 Å². The Bertz CT molecular complexity index is 506. The van der Waals surface area contributed by atoms with E-state index >= 15 is 0 Å². The number of hydrogen-bond donors (Lipinski definition) is 0. The predicted octanol–water partition coefficient (Wildman–Crippen LogP) is 7.69. The van der Waals surface area contributed by atoms with Gasteiger partial charge >= 0.3 is 5.97 Å². The Kier molecular flexibility index (Phi) is 37.6. The van der Waals surface area contributed by atoms with E-state index in [1.54, 1.807) is 0 Å². The number of unbranched alkanes of at least 4 members (excludes halogenated alkanes) is 15. The van der Waals surface area contributed by atoms with Gasteiger partial charge in [0.05, 0.1) is 72.7 Å². The quantitative estimate of drug-likeness (QED) is 0.0527. The minimum atomic E-state index is -0.120. The second kappa shape index (κ2) is 38.3. The summed E-state index contributed by atoms with van der Waals surface area (Å²) in [7, 11) is 0. The molecule has 0 aromatic rings. The number of hydrogen-bond acceptors (Lipinski definition) is 8. The fourth-order valence-corrected chi connectivity index (χ4v) is 4.38. The normalized spacial score (nSPS) is 11.4. The van der Waals surface area contributed by atoms with Gasteiger partial charge in [0.1, 0.15) is 6.61 Å². The molecule has 0 atom stereocenters. The minimum Gasteiger partial charge on any atom is -0.463 e.